The lowest BCUT2D eigenvalue weighted by molar-refractivity contribution is -0.131. The lowest BCUT2D eigenvalue weighted by atomic mass is 9.95. The number of aromatic nitrogens is 4. The largest absolute Gasteiger partial charge is 0.486 e. The maximum atomic E-state index is 12.8. The molecule has 1 amide bonds. The van der Waals surface area contributed by atoms with Gasteiger partial charge in [-0.25, -0.2) is 4.98 Å². The molecule has 0 bridgehead atoms. The summed E-state index contributed by atoms with van der Waals surface area (Å²) >= 11 is 1.54. The molecular formula is C24H25N5O2S. The third-order valence-electron chi connectivity index (χ3n) is 5.87. The molecule has 7 nitrogen and oxygen atoms in total. The molecule has 164 valence electrons. The van der Waals surface area contributed by atoms with Crippen LogP contribution in [0.4, 0.5) is 0 Å². The first-order valence-electron chi connectivity index (χ1n) is 10.9. The zero-order valence-electron chi connectivity index (χ0n) is 18.0. The summed E-state index contributed by atoms with van der Waals surface area (Å²) in [5.74, 6) is 2.27. The Hall–Kier alpha value is -3.26. The van der Waals surface area contributed by atoms with Gasteiger partial charge in [-0.15, -0.1) is 21.5 Å². The van der Waals surface area contributed by atoms with Crippen molar-refractivity contribution in [2.75, 3.05) is 13.1 Å². The molecule has 4 aromatic rings. The number of thiazole rings is 1. The molecular weight excluding hydrogens is 422 g/mol. The number of hydrogen-bond acceptors (Lipinski definition) is 6. The lowest BCUT2D eigenvalue weighted by Crippen LogP contribution is -2.39. The number of ether oxygens (including phenoxy) is 1. The molecule has 1 aliphatic rings. The number of hydrogen-bond donors (Lipinski definition) is 0. The van der Waals surface area contributed by atoms with Gasteiger partial charge in [-0.3, -0.25) is 9.20 Å². The highest BCUT2D eigenvalue weighted by Gasteiger charge is 2.27. The quantitative estimate of drug-likeness (QED) is 0.446. The summed E-state index contributed by atoms with van der Waals surface area (Å²) in [6.45, 7) is 3.93. The van der Waals surface area contributed by atoms with E-state index in [0.29, 0.717) is 18.9 Å². The molecule has 3 aromatic heterocycles. The van der Waals surface area contributed by atoms with Crippen molar-refractivity contribution in [2.24, 2.45) is 0 Å². The summed E-state index contributed by atoms with van der Waals surface area (Å²) in [6, 6.07) is 13.9. The van der Waals surface area contributed by atoms with Crippen molar-refractivity contribution >= 4 is 22.9 Å². The highest BCUT2D eigenvalue weighted by Crippen LogP contribution is 2.27. The summed E-state index contributed by atoms with van der Waals surface area (Å²) in [7, 11) is 0. The summed E-state index contributed by atoms with van der Waals surface area (Å²) in [4.78, 5) is 19.4. The number of rotatable bonds is 6. The van der Waals surface area contributed by atoms with Crippen molar-refractivity contribution < 1.29 is 9.53 Å². The van der Waals surface area contributed by atoms with Gasteiger partial charge >= 0.3 is 0 Å². The smallest absolute Gasteiger partial charge is 0.228 e. The van der Waals surface area contributed by atoms with Gasteiger partial charge in [0.15, 0.2) is 5.65 Å². The Kier molecular flexibility index (Phi) is 5.85. The second-order valence-corrected chi connectivity index (χ2v) is 9.10. The topological polar surface area (TPSA) is 72.6 Å². The van der Waals surface area contributed by atoms with Gasteiger partial charge in [-0.1, -0.05) is 23.8 Å². The molecule has 0 radical (unpaired) electrons. The van der Waals surface area contributed by atoms with Gasteiger partial charge in [0, 0.05) is 30.6 Å². The molecule has 0 unspecified atom stereocenters. The van der Waals surface area contributed by atoms with Crippen molar-refractivity contribution in [1.82, 2.24) is 24.5 Å². The van der Waals surface area contributed by atoms with Crippen LogP contribution >= 0.6 is 11.3 Å². The highest BCUT2D eigenvalue weighted by molar-refractivity contribution is 7.09. The van der Waals surface area contributed by atoms with E-state index < -0.39 is 0 Å². The van der Waals surface area contributed by atoms with Gasteiger partial charge in [-0.05, 0) is 44.0 Å². The summed E-state index contributed by atoms with van der Waals surface area (Å²) < 4.78 is 7.85. The van der Waals surface area contributed by atoms with Crippen molar-refractivity contribution in [3.05, 3.63) is 76.1 Å². The molecule has 0 N–H and O–H groups in total. The Bertz CT molecular complexity index is 1210. The van der Waals surface area contributed by atoms with Gasteiger partial charge in [0.2, 0.25) is 5.91 Å². The van der Waals surface area contributed by atoms with Crippen LogP contribution in [0.15, 0.2) is 54.0 Å². The summed E-state index contributed by atoms with van der Waals surface area (Å²) in [5.41, 5.74) is 2.88. The number of likely N-dealkylation sites (tertiary alicyclic amines) is 1. The van der Waals surface area contributed by atoms with Crippen molar-refractivity contribution in [1.29, 1.82) is 0 Å². The number of pyridine rings is 1. The second-order valence-electron chi connectivity index (χ2n) is 8.15. The first-order chi connectivity index (χ1) is 15.7. The third-order valence-corrected chi connectivity index (χ3v) is 6.74. The van der Waals surface area contributed by atoms with Gasteiger partial charge < -0.3 is 9.64 Å². The van der Waals surface area contributed by atoms with Crippen LogP contribution in [0.25, 0.3) is 5.65 Å². The lowest BCUT2D eigenvalue weighted by Gasteiger charge is -2.31. The second kappa shape index (κ2) is 9.08. The van der Waals surface area contributed by atoms with E-state index in [1.807, 2.05) is 65.9 Å². The number of piperidine rings is 1. The molecule has 1 aliphatic heterocycles. The third kappa shape index (κ3) is 4.50. The molecule has 1 aromatic carbocycles. The Morgan fingerprint density at radius 1 is 1.12 bits per heavy atom. The number of carbonyl (C=O) groups excluding carboxylic acids is 1. The van der Waals surface area contributed by atoms with Gasteiger partial charge in [0.25, 0.3) is 0 Å². The molecule has 8 heteroatoms. The SMILES string of the molecule is Cc1ccc(OCc2nc(CC(=O)N3CCC(c4nnc5ccccn45)CC3)cs2)cc1. The minimum absolute atomic E-state index is 0.130. The fraction of sp³-hybridized carbons (Fsp3) is 0.333. The zero-order valence-corrected chi connectivity index (χ0v) is 18.8. The summed E-state index contributed by atoms with van der Waals surface area (Å²) in [5, 5.41) is 11.5. The predicted molar refractivity (Wildman–Crippen MR) is 123 cm³/mol. The molecule has 32 heavy (non-hydrogen) atoms. The number of aryl methyl sites for hydroxylation is 1. The minimum atomic E-state index is 0.130. The maximum absolute atomic E-state index is 12.8. The van der Waals surface area contributed by atoms with Crippen molar-refractivity contribution in [3.63, 3.8) is 0 Å². The first-order valence-corrected chi connectivity index (χ1v) is 11.7. The zero-order chi connectivity index (χ0) is 21.9. The maximum Gasteiger partial charge on any atom is 0.228 e. The monoisotopic (exact) mass is 447 g/mol. The van der Waals surface area contributed by atoms with E-state index in [1.54, 1.807) is 0 Å². The van der Waals surface area contributed by atoms with E-state index in [0.717, 1.165) is 53.9 Å². The van der Waals surface area contributed by atoms with E-state index in [4.69, 9.17) is 4.74 Å². The van der Waals surface area contributed by atoms with Crippen LogP contribution < -0.4 is 4.74 Å². The normalized spacial score (nSPS) is 14.7. The van der Waals surface area contributed by atoms with Crippen LogP contribution in [0.2, 0.25) is 0 Å². The number of nitrogens with zero attached hydrogens (tertiary/aromatic N) is 5. The van der Waals surface area contributed by atoms with Crippen molar-refractivity contribution in [3.8, 4) is 5.75 Å². The van der Waals surface area contributed by atoms with Crippen molar-refractivity contribution in [2.45, 2.75) is 38.7 Å². The Morgan fingerprint density at radius 3 is 2.75 bits per heavy atom. The minimum Gasteiger partial charge on any atom is -0.486 e. The molecule has 1 saturated heterocycles. The first kappa shape index (κ1) is 20.6. The number of carbonyl (C=O) groups is 1. The van der Waals surface area contributed by atoms with E-state index >= 15 is 0 Å². The molecule has 0 saturated carbocycles. The molecule has 4 heterocycles. The average molecular weight is 448 g/mol. The van der Waals surface area contributed by atoms with Crippen LogP contribution in [0, 0.1) is 6.92 Å². The van der Waals surface area contributed by atoms with Crippen LogP contribution in [0.5, 0.6) is 5.75 Å². The molecule has 0 spiro atoms. The Morgan fingerprint density at radius 2 is 1.94 bits per heavy atom. The van der Waals surface area contributed by atoms with Crippen LogP contribution in [0.1, 0.15) is 40.8 Å². The summed E-state index contributed by atoms with van der Waals surface area (Å²) in [6.07, 6.45) is 4.13. The number of benzene rings is 1. The number of fused-ring (bicyclic) bond motifs is 1. The Labute approximate surface area is 190 Å². The predicted octanol–water partition coefficient (Wildman–Crippen LogP) is 4.02. The van der Waals surface area contributed by atoms with E-state index in [1.165, 1.54) is 16.9 Å². The molecule has 5 rings (SSSR count). The fourth-order valence-electron chi connectivity index (χ4n) is 4.07. The van der Waals surface area contributed by atoms with Crippen LogP contribution in [-0.4, -0.2) is 43.5 Å². The Balaban J connectivity index is 1.13. The molecule has 0 aliphatic carbocycles. The molecule has 0 atom stereocenters. The van der Waals surface area contributed by atoms with Gasteiger partial charge in [0.1, 0.15) is 23.2 Å². The fourth-order valence-corrected chi connectivity index (χ4v) is 4.77. The average Bonchev–Trinajstić information content (AvgIpc) is 3.46. The van der Waals surface area contributed by atoms with E-state index in [-0.39, 0.29) is 5.91 Å². The van der Waals surface area contributed by atoms with Crippen LogP contribution in [0.3, 0.4) is 0 Å². The van der Waals surface area contributed by atoms with Gasteiger partial charge in [0.05, 0.1) is 12.1 Å². The highest BCUT2D eigenvalue weighted by atomic mass is 32.1. The van der Waals surface area contributed by atoms with Crippen LogP contribution in [-0.2, 0) is 17.8 Å². The van der Waals surface area contributed by atoms with Gasteiger partial charge in [-0.2, -0.15) is 0 Å². The van der Waals surface area contributed by atoms with E-state index in [2.05, 4.69) is 19.6 Å². The standard InChI is InChI=1S/C24H25N5O2S/c1-17-5-7-20(8-6-17)31-15-22-25-19(16-32-22)14-23(30)28-12-9-18(10-13-28)24-27-26-21-4-2-3-11-29(21)24/h2-8,11,16,18H,9-10,12-15H2,1H3. The molecule has 1 fully saturated rings. The van der Waals surface area contributed by atoms with E-state index in [9.17, 15) is 4.79 Å². The number of amides is 1.